The van der Waals surface area contributed by atoms with Crippen LogP contribution >= 0.6 is 0 Å². The number of amides is 1. The van der Waals surface area contributed by atoms with Crippen LogP contribution in [0.5, 0.6) is 5.75 Å². The minimum Gasteiger partial charge on any atom is -0.497 e. The van der Waals surface area contributed by atoms with E-state index in [2.05, 4.69) is 17.0 Å². The van der Waals surface area contributed by atoms with E-state index >= 15 is 0 Å². The number of ether oxygens (including phenoxy) is 1. The molecule has 5 nitrogen and oxygen atoms in total. The van der Waals surface area contributed by atoms with Crippen molar-refractivity contribution in [1.29, 1.82) is 5.41 Å². The summed E-state index contributed by atoms with van der Waals surface area (Å²) < 4.78 is 5.21. The molecule has 1 amide bonds. The van der Waals surface area contributed by atoms with E-state index in [1.165, 1.54) is 5.56 Å². The standard InChI is InChI=1S/C23H29N3O2/c1-18(24)26-15-6-9-21(26)17-25(16-14-19-7-4-3-5-8-19)23(27)20-10-12-22(28-2)13-11-20/h3-5,7-8,10-13,21,24H,6,9,14-17H2,1-2H3/t21-/m0/s1. The Morgan fingerprint density at radius 3 is 2.54 bits per heavy atom. The Hall–Kier alpha value is -2.82. The smallest absolute Gasteiger partial charge is 0.253 e. The Morgan fingerprint density at radius 2 is 1.89 bits per heavy atom. The molecule has 0 saturated carbocycles. The molecule has 1 aliphatic heterocycles. The van der Waals surface area contributed by atoms with Gasteiger partial charge in [-0.15, -0.1) is 0 Å². The van der Waals surface area contributed by atoms with Gasteiger partial charge in [0.15, 0.2) is 0 Å². The zero-order valence-corrected chi connectivity index (χ0v) is 16.7. The number of hydrogen-bond donors (Lipinski definition) is 1. The van der Waals surface area contributed by atoms with Crippen LogP contribution < -0.4 is 4.74 Å². The van der Waals surface area contributed by atoms with Gasteiger partial charge in [-0.1, -0.05) is 30.3 Å². The van der Waals surface area contributed by atoms with E-state index in [0.29, 0.717) is 24.5 Å². The van der Waals surface area contributed by atoms with Crippen molar-refractivity contribution in [1.82, 2.24) is 9.80 Å². The third-order valence-corrected chi connectivity index (χ3v) is 5.38. The molecule has 2 aromatic carbocycles. The van der Waals surface area contributed by atoms with Crippen molar-refractivity contribution in [3.05, 3.63) is 65.7 Å². The molecule has 1 fully saturated rings. The molecule has 148 valence electrons. The number of likely N-dealkylation sites (tertiary alicyclic amines) is 1. The Bertz CT molecular complexity index is 789. The van der Waals surface area contributed by atoms with Gasteiger partial charge in [-0.05, 0) is 56.0 Å². The summed E-state index contributed by atoms with van der Waals surface area (Å²) in [6.45, 7) is 4.05. The van der Waals surface area contributed by atoms with Gasteiger partial charge in [-0.2, -0.15) is 0 Å². The van der Waals surface area contributed by atoms with Crippen LogP contribution in [-0.2, 0) is 6.42 Å². The first kappa shape index (κ1) is 19.9. The maximum atomic E-state index is 13.2. The van der Waals surface area contributed by atoms with Crippen molar-refractivity contribution in [2.75, 3.05) is 26.7 Å². The van der Waals surface area contributed by atoms with Crippen LogP contribution in [0, 0.1) is 5.41 Å². The second-order valence-corrected chi connectivity index (χ2v) is 7.29. The van der Waals surface area contributed by atoms with Gasteiger partial charge in [0.1, 0.15) is 5.75 Å². The third-order valence-electron chi connectivity index (χ3n) is 5.38. The molecule has 3 rings (SSSR count). The molecule has 1 atom stereocenters. The molecule has 28 heavy (non-hydrogen) atoms. The zero-order chi connectivity index (χ0) is 19.9. The van der Waals surface area contributed by atoms with E-state index in [4.69, 9.17) is 10.1 Å². The quantitative estimate of drug-likeness (QED) is 0.587. The van der Waals surface area contributed by atoms with Crippen molar-refractivity contribution < 1.29 is 9.53 Å². The Morgan fingerprint density at radius 1 is 1.18 bits per heavy atom. The lowest BCUT2D eigenvalue weighted by molar-refractivity contribution is 0.0727. The molecule has 0 unspecified atom stereocenters. The van der Waals surface area contributed by atoms with Crippen molar-refractivity contribution in [2.45, 2.75) is 32.2 Å². The predicted octanol–water partition coefficient (Wildman–Crippen LogP) is 3.84. The first-order chi connectivity index (χ1) is 13.6. The van der Waals surface area contributed by atoms with Gasteiger partial charge in [0.2, 0.25) is 0 Å². The van der Waals surface area contributed by atoms with E-state index in [1.807, 2.05) is 54.3 Å². The van der Waals surface area contributed by atoms with Gasteiger partial charge in [-0.3, -0.25) is 10.2 Å². The van der Waals surface area contributed by atoms with Gasteiger partial charge in [-0.25, -0.2) is 0 Å². The van der Waals surface area contributed by atoms with Gasteiger partial charge >= 0.3 is 0 Å². The second kappa shape index (κ2) is 9.40. The average molecular weight is 380 g/mol. The average Bonchev–Trinajstić information content (AvgIpc) is 3.20. The van der Waals surface area contributed by atoms with E-state index < -0.39 is 0 Å². The Labute approximate surface area is 167 Å². The molecular formula is C23H29N3O2. The van der Waals surface area contributed by atoms with Gasteiger partial charge in [0, 0.05) is 31.2 Å². The first-order valence-corrected chi connectivity index (χ1v) is 9.87. The predicted molar refractivity (Wildman–Crippen MR) is 112 cm³/mol. The Balaban J connectivity index is 1.76. The van der Waals surface area contributed by atoms with E-state index in [1.54, 1.807) is 7.11 Å². The maximum Gasteiger partial charge on any atom is 0.253 e. The molecule has 5 heteroatoms. The zero-order valence-electron chi connectivity index (χ0n) is 16.7. The van der Waals surface area contributed by atoms with Crippen LogP contribution in [0.25, 0.3) is 0 Å². The number of methoxy groups -OCH3 is 1. The van der Waals surface area contributed by atoms with Crippen LogP contribution in [0.3, 0.4) is 0 Å². The first-order valence-electron chi connectivity index (χ1n) is 9.87. The van der Waals surface area contributed by atoms with E-state index in [0.717, 1.165) is 31.6 Å². The van der Waals surface area contributed by atoms with E-state index in [-0.39, 0.29) is 11.9 Å². The van der Waals surface area contributed by atoms with Crippen molar-refractivity contribution in [3.63, 3.8) is 0 Å². The second-order valence-electron chi connectivity index (χ2n) is 7.29. The SMILES string of the molecule is COc1ccc(C(=O)N(CCc2ccccc2)C[C@@H]2CCCN2C(C)=N)cc1. The molecule has 0 aliphatic carbocycles. The number of rotatable bonds is 7. The molecule has 0 spiro atoms. The van der Waals surface area contributed by atoms with Crippen LogP contribution in [0.1, 0.15) is 35.7 Å². The fourth-order valence-corrected chi connectivity index (χ4v) is 3.82. The molecule has 1 aliphatic rings. The summed E-state index contributed by atoms with van der Waals surface area (Å²) in [6.07, 6.45) is 2.91. The highest BCUT2D eigenvalue weighted by Gasteiger charge is 2.28. The number of nitrogens with zero attached hydrogens (tertiary/aromatic N) is 2. The monoisotopic (exact) mass is 379 g/mol. The highest BCUT2D eigenvalue weighted by atomic mass is 16.5. The molecule has 0 bridgehead atoms. The molecule has 1 N–H and O–H groups in total. The lowest BCUT2D eigenvalue weighted by Gasteiger charge is -2.31. The fourth-order valence-electron chi connectivity index (χ4n) is 3.82. The summed E-state index contributed by atoms with van der Waals surface area (Å²) in [7, 11) is 1.62. The van der Waals surface area contributed by atoms with Crippen LogP contribution in [-0.4, -0.2) is 54.3 Å². The summed E-state index contributed by atoms with van der Waals surface area (Å²) in [5.41, 5.74) is 1.89. The molecule has 0 radical (unpaired) electrons. The number of benzene rings is 2. The number of nitrogens with one attached hydrogen (secondary N) is 1. The Kier molecular flexibility index (Phi) is 6.69. The van der Waals surface area contributed by atoms with Crippen molar-refractivity contribution >= 4 is 11.7 Å². The largest absolute Gasteiger partial charge is 0.497 e. The number of amidine groups is 1. The van der Waals surface area contributed by atoms with E-state index in [9.17, 15) is 4.79 Å². The molecule has 1 saturated heterocycles. The van der Waals surface area contributed by atoms with Gasteiger partial charge in [0.05, 0.1) is 12.9 Å². The highest BCUT2D eigenvalue weighted by Crippen LogP contribution is 2.20. The van der Waals surface area contributed by atoms with Crippen LogP contribution in [0.2, 0.25) is 0 Å². The summed E-state index contributed by atoms with van der Waals surface area (Å²) in [5.74, 6) is 1.37. The number of hydrogen-bond acceptors (Lipinski definition) is 3. The lowest BCUT2D eigenvalue weighted by atomic mass is 10.1. The molecule has 1 heterocycles. The number of carbonyl (C=O) groups is 1. The highest BCUT2D eigenvalue weighted by molar-refractivity contribution is 5.94. The summed E-state index contributed by atoms with van der Waals surface area (Å²) in [5, 5.41) is 8.03. The molecular weight excluding hydrogens is 350 g/mol. The third kappa shape index (κ3) is 4.91. The fraction of sp³-hybridized carbons (Fsp3) is 0.391. The molecule has 0 aromatic heterocycles. The number of carbonyl (C=O) groups excluding carboxylic acids is 1. The maximum absolute atomic E-state index is 13.2. The minimum atomic E-state index is 0.0352. The van der Waals surface area contributed by atoms with Crippen LogP contribution in [0.4, 0.5) is 0 Å². The summed E-state index contributed by atoms with van der Waals surface area (Å²) in [6, 6.07) is 17.8. The lowest BCUT2D eigenvalue weighted by Crippen LogP contribution is -2.45. The van der Waals surface area contributed by atoms with Gasteiger partial charge in [0.25, 0.3) is 5.91 Å². The van der Waals surface area contributed by atoms with Crippen molar-refractivity contribution in [3.8, 4) is 5.75 Å². The normalized spacial score (nSPS) is 16.1. The molecule has 2 aromatic rings. The summed E-state index contributed by atoms with van der Waals surface area (Å²) in [4.78, 5) is 17.3. The van der Waals surface area contributed by atoms with Gasteiger partial charge < -0.3 is 14.5 Å². The van der Waals surface area contributed by atoms with Crippen LogP contribution in [0.15, 0.2) is 54.6 Å². The summed E-state index contributed by atoms with van der Waals surface area (Å²) >= 11 is 0. The minimum absolute atomic E-state index is 0.0352. The topological polar surface area (TPSA) is 56.6 Å². The van der Waals surface area contributed by atoms with Crippen molar-refractivity contribution in [2.24, 2.45) is 0 Å².